The molecular formula is C16H10ClNO2. The molecule has 2 aromatic carbocycles. The molecule has 3 aromatic rings. The number of hydrogen-bond acceptors (Lipinski definition) is 2. The molecule has 1 heterocycles. The maximum absolute atomic E-state index is 12.6. The third-order valence-electron chi connectivity index (χ3n) is 3.20. The molecular weight excluding hydrogens is 274 g/mol. The largest absolute Gasteiger partial charge is 0.298 e. The van der Waals surface area contributed by atoms with Crippen LogP contribution in [-0.2, 0) is 0 Å². The number of halogens is 1. The monoisotopic (exact) mass is 283 g/mol. The number of carbonyl (C=O) groups is 2. The van der Waals surface area contributed by atoms with Crippen LogP contribution >= 0.6 is 11.6 Å². The third-order valence-corrected chi connectivity index (χ3v) is 3.57. The SMILES string of the molecule is O=Cc1c(Cl)n(C(=O)c2ccccc2)c2ccccc12. The lowest BCUT2D eigenvalue weighted by Crippen LogP contribution is -2.11. The van der Waals surface area contributed by atoms with Crippen molar-refractivity contribution in [1.82, 2.24) is 4.57 Å². The Morgan fingerprint density at radius 1 is 1.00 bits per heavy atom. The lowest BCUT2D eigenvalue weighted by atomic mass is 10.2. The second-order valence-corrected chi connectivity index (χ2v) is 4.70. The summed E-state index contributed by atoms with van der Waals surface area (Å²) in [6.45, 7) is 0. The molecule has 0 saturated heterocycles. The van der Waals surface area contributed by atoms with Crippen LogP contribution in [0, 0.1) is 0 Å². The molecule has 0 aliphatic heterocycles. The predicted octanol–water partition coefficient (Wildman–Crippen LogP) is 3.80. The van der Waals surface area contributed by atoms with E-state index in [0.717, 1.165) is 0 Å². The summed E-state index contributed by atoms with van der Waals surface area (Å²) in [7, 11) is 0. The van der Waals surface area contributed by atoms with Crippen molar-refractivity contribution < 1.29 is 9.59 Å². The van der Waals surface area contributed by atoms with E-state index in [0.29, 0.717) is 28.3 Å². The van der Waals surface area contributed by atoms with E-state index in [9.17, 15) is 9.59 Å². The van der Waals surface area contributed by atoms with Crippen LogP contribution in [0.2, 0.25) is 5.15 Å². The molecule has 0 amide bonds. The molecule has 4 heteroatoms. The summed E-state index contributed by atoms with van der Waals surface area (Å²) < 4.78 is 1.37. The van der Waals surface area contributed by atoms with Crippen molar-refractivity contribution in [3.63, 3.8) is 0 Å². The fraction of sp³-hybridized carbons (Fsp3) is 0. The van der Waals surface area contributed by atoms with Gasteiger partial charge in [0.25, 0.3) is 5.91 Å². The van der Waals surface area contributed by atoms with Gasteiger partial charge in [0.15, 0.2) is 6.29 Å². The normalized spacial score (nSPS) is 10.7. The average Bonchev–Trinajstić information content (AvgIpc) is 2.79. The van der Waals surface area contributed by atoms with Gasteiger partial charge in [-0.3, -0.25) is 14.2 Å². The highest BCUT2D eigenvalue weighted by Gasteiger charge is 2.20. The summed E-state index contributed by atoms with van der Waals surface area (Å²) in [5.41, 5.74) is 1.49. The molecule has 0 fully saturated rings. The summed E-state index contributed by atoms with van der Waals surface area (Å²) in [5.74, 6) is -0.250. The van der Waals surface area contributed by atoms with Crippen molar-refractivity contribution >= 4 is 34.7 Å². The van der Waals surface area contributed by atoms with Crippen molar-refractivity contribution in [2.75, 3.05) is 0 Å². The van der Waals surface area contributed by atoms with Crippen molar-refractivity contribution in [3.05, 3.63) is 70.9 Å². The maximum atomic E-state index is 12.6. The molecule has 0 saturated carbocycles. The van der Waals surface area contributed by atoms with E-state index < -0.39 is 0 Å². The molecule has 0 radical (unpaired) electrons. The summed E-state index contributed by atoms with van der Waals surface area (Å²) in [5, 5.41) is 0.826. The Kier molecular flexibility index (Phi) is 3.12. The molecule has 0 N–H and O–H groups in total. The van der Waals surface area contributed by atoms with E-state index >= 15 is 0 Å². The van der Waals surface area contributed by atoms with Crippen LogP contribution in [-0.4, -0.2) is 16.8 Å². The average molecular weight is 284 g/mol. The topological polar surface area (TPSA) is 39.1 Å². The van der Waals surface area contributed by atoms with Crippen molar-refractivity contribution in [1.29, 1.82) is 0 Å². The van der Waals surface area contributed by atoms with E-state index in [-0.39, 0.29) is 11.1 Å². The quantitative estimate of drug-likeness (QED) is 0.671. The van der Waals surface area contributed by atoms with Gasteiger partial charge in [0.2, 0.25) is 0 Å². The molecule has 0 bridgehead atoms. The number of rotatable bonds is 2. The maximum Gasteiger partial charge on any atom is 0.263 e. The Morgan fingerprint density at radius 3 is 2.35 bits per heavy atom. The van der Waals surface area contributed by atoms with Gasteiger partial charge < -0.3 is 0 Å². The molecule has 20 heavy (non-hydrogen) atoms. The van der Waals surface area contributed by atoms with Gasteiger partial charge in [-0.05, 0) is 18.2 Å². The summed E-state index contributed by atoms with van der Waals surface area (Å²) >= 11 is 6.21. The van der Waals surface area contributed by atoms with Crippen molar-refractivity contribution in [2.24, 2.45) is 0 Å². The second-order valence-electron chi connectivity index (χ2n) is 4.35. The zero-order valence-electron chi connectivity index (χ0n) is 10.4. The first-order valence-electron chi connectivity index (χ1n) is 6.08. The number of fused-ring (bicyclic) bond motifs is 1. The van der Waals surface area contributed by atoms with Gasteiger partial charge in [0, 0.05) is 10.9 Å². The van der Waals surface area contributed by atoms with E-state index in [1.165, 1.54) is 4.57 Å². The Morgan fingerprint density at radius 2 is 1.65 bits per heavy atom. The number of benzene rings is 2. The van der Waals surface area contributed by atoms with Gasteiger partial charge in [0.1, 0.15) is 5.15 Å². The van der Waals surface area contributed by atoms with Crippen LogP contribution in [0.4, 0.5) is 0 Å². The molecule has 3 nitrogen and oxygen atoms in total. The predicted molar refractivity (Wildman–Crippen MR) is 78.5 cm³/mol. The first-order valence-corrected chi connectivity index (χ1v) is 6.45. The number of hydrogen-bond donors (Lipinski definition) is 0. The van der Waals surface area contributed by atoms with Crippen LogP contribution in [0.1, 0.15) is 20.7 Å². The lowest BCUT2D eigenvalue weighted by Gasteiger charge is -2.05. The first-order chi connectivity index (χ1) is 9.74. The third kappa shape index (κ3) is 1.84. The standard InChI is InChI=1S/C16H10ClNO2/c17-15-13(10-19)12-8-4-5-9-14(12)18(15)16(20)11-6-2-1-3-7-11/h1-10H. The highest BCUT2D eigenvalue weighted by atomic mass is 35.5. The lowest BCUT2D eigenvalue weighted by molar-refractivity contribution is 0.0965. The van der Waals surface area contributed by atoms with Gasteiger partial charge in [0.05, 0.1) is 11.1 Å². The number of carbonyl (C=O) groups excluding carboxylic acids is 2. The minimum atomic E-state index is -0.250. The van der Waals surface area contributed by atoms with Crippen LogP contribution in [0.3, 0.4) is 0 Å². The van der Waals surface area contributed by atoms with Crippen LogP contribution in [0.15, 0.2) is 54.6 Å². The van der Waals surface area contributed by atoms with Gasteiger partial charge >= 0.3 is 0 Å². The minimum absolute atomic E-state index is 0.148. The molecule has 0 spiro atoms. The summed E-state index contributed by atoms with van der Waals surface area (Å²) in [6.07, 6.45) is 0.680. The number of aldehydes is 1. The zero-order valence-corrected chi connectivity index (χ0v) is 11.2. The summed E-state index contributed by atoms with van der Waals surface area (Å²) in [4.78, 5) is 23.8. The molecule has 3 rings (SSSR count). The van der Waals surface area contributed by atoms with Crippen LogP contribution in [0.5, 0.6) is 0 Å². The molecule has 0 aliphatic carbocycles. The van der Waals surface area contributed by atoms with E-state index in [1.54, 1.807) is 36.4 Å². The van der Waals surface area contributed by atoms with Crippen molar-refractivity contribution in [2.45, 2.75) is 0 Å². The van der Waals surface area contributed by atoms with Gasteiger partial charge in [-0.25, -0.2) is 0 Å². The highest BCUT2D eigenvalue weighted by molar-refractivity contribution is 6.36. The first kappa shape index (κ1) is 12.6. The second kappa shape index (κ2) is 4.94. The zero-order chi connectivity index (χ0) is 14.1. The van der Waals surface area contributed by atoms with Gasteiger partial charge in [-0.2, -0.15) is 0 Å². The van der Waals surface area contributed by atoms with Crippen molar-refractivity contribution in [3.8, 4) is 0 Å². The Balaban J connectivity index is 2.29. The van der Waals surface area contributed by atoms with Crippen LogP contribution in [0.25, 0.3) is 10.9 Å². The minimum Gasteiger partial charge on any atom is -0.298 e. The van der Waals surface area contributed by atoms with Gasteiger partial charge in [-0.1, -0.05) is 48.0 Å². The van der Waals surface area contributed by atoms with Gasteiger partial charge in [-0.15, -0.1) is 0 Å². The Labute approximate surface area is 120 Å². The fourth-order valence-corrected chi connectivity index (χ4v) is 2.57. The summed E-state index contributed by atoms with van der Waals surface area (Å²) in [6, 6.07) is 16.0. The van der Waals surface area contributed by atoms with E-state index in [1.807, 2.05) is 18.2 Å². The number of para-hydroxylation sites is 1. The molecule has 0 aliphatic rings. The highest BCUT2D eigenvalue weighted by Crippen LogP contribution is 2.29. The molecule has 98 valence electrons. The molecule has 0 atom stereocenters. The Hall–Kier alpha value is -2.39. The van der Waals surface area contributed by atoms with E-state index in [2.05, 4.69) is 0 Å². The number of nitrogens with zero attached hydrogens (tertiary/aromatic N) is 1. The van der Waals surface area contributed by atoms with E-state index in [4.69, 9.17) is 11.6 Å². The number of aromatic nitrogens is 1. The fourth-order valence-electron chi connectivity index (χ4n) is 2.25. The smallest absolute Gasteiger partial charge is 0.263 e. The molecule has 1 aromatic heterocycles. The Bertz CT molecular complexity index is 806. The molecule has 0 unspecified atom stereocenters. The van der Waals surface area contributed by atoms with Crippen LogP contribution < -0.4 is 0 Å².